The summed E-state index contributed by atoms with van der Waals surface area (Å²) in [6.07, 6.45) is 0.407. The van der Waals surface area contributed by atoms with Crippen LogP contribution in [0, 0.1) is 10.1 Å². The van der Waals surface area contributed by atoms with Crippen molar-refractivity contribution in [2.75, 3.05) is 7.11 Å². The second-order valence-electron chi connectivity index (χ2n) is 3.35. The summed E-state index contributed by atoms with van der Waals surface area (Å²) in [5, 5.41) is 10.4. The van der Waals surface area contributed by atoms with Crippen LogP contribution in [0.15, 0.2) is 24.3 Å². The second-order valence-corrected chi connectivity index (χ2v) is 3.35. The Morgan fingerprint density at radius 2 is 2.06 bits per heavy atom. The highest BCUT2D eigenvalue weighted by Crippen LogP contribution is 2.12. The van der Waals surface area contributed by atoms with Crippen LogP contribution in [-0.4, -0.2) is 24.0 Å². The highest BCUT2D eigenvalue weighted by atomic mass is 16.6. The number of rotatable bonds is 4. The number of nitro groups is 1. The molecule has 1 atom stereocenters. The lowest BCUT2D eigenvalue weighted by atomic mass is 10.1. The molecular formula is C10H13N2O4+. The summed E-state index contributed by atoms with van der Waals surface area (Å²) in [4.78, 5) is 21.0. The van der Waals surface area contributed by atoms with Gasteiger partial charge in [0.15, 0.2) is 6.04 Å². The van der Waals surface area contributed by atoms with Gasteiger partial charge in [-0.2, -0.15) is 0 Å². The third-order valence-electron chi connectivity index (χ3n) is 2.16. The van der Waals surface area contributed by atoms with Crippen molar-refractivity contribution in [2.24, 2.45) is 0 Å². The van der Waals surface area contributed by atoms with Crippen molar-refractivity contribution in [2.45, 2.75) is 12.5 Å². The molecule has 6 nitrogen and oxygen atoms in total. The van der Waals surface area contributed by atoms with E-state index in [1.54, 1.807) is 12.1 Å². The summed E-state index contributed by atoms with van der Waals surface area (Å²) in [5.41, 5.74) is 4.50. The van der Waals surface area contributed by atoms with E-state index in [0.29, 0.717) is 6.42 Å². The van der Waals surface area contributed by atoms with Crippen molar-refractivity contribution >= 4 is 11.7 Å². The van der Waals surface area contributed by atoms with E-state index < -0.39 is 16.9 Å². The Morgan fingerprint density at radius 3 is 2.50 bits per heavy atom. The van der Waals surface area contributed by atoms with Crippen LogP contribution in [0.5, 0.6) is 0 Å². The zero-order chi connectivity index (χ0) is 12.1. The number of nitrogens with zero attached hydrogens (tertiary/aromatic N) is 1. The van der Waals surface area contributed by atoms with E-state index in [2.05, 4.69) is 10.5 Å². The van der Waals surface area contributed by atoms with Crippen LogP contribution < -0.4 is 5.73 Å². The number of nitro benzene ring substituents is 1. The van der Waals surface area contributed by atoms with E-state index in [-0.39, 0.29) is 5.69 Å². The predicted octanol–water partition coefficient (Wildman–Crippen LogP) is -0.0792. The molecule has 0 spiro atoms. The first-order valence-electron chi connectivity index (χ1n) is 4.69. The normalized spacial score (nSPS) is 11.9. The maximum Gasteiger partial charge on any atom is 0.364 e. The number of esters is 1. The Labute approximate surface area is 92.2 Å². The molecule has 16 heavy (non-hydrogen) atoms. The molecule has 3 N–H and O–H groups in total. The zero-order valence-electron chi connectivity index (χ0n) is 8.88. The number of methoxy groups -OCH3 is 1. The molecule has 0 saturated heterocycles. The van der Waals surface area contributed by atoms with Crippen LogP contribution in [0.25, 0.3) is 0 Å². The number of ether oxygens (including phenoxy) is 1. The summed E-state index contributed by atoms with van der Waals surface area (Å²) in [5.74, 6) is -0.390. The van der Waals surface area contributed by atoms with Crippen molar-refractivity contribution in [1.29, 1.82) is 0 Å². The van der Waals surface area contributed by atoms with Crippen LogP contribution in [0.2, 0.25) is 0 Å². The minimum Gasteiger partial charge on any atom is -0.465 e. The third kappa shape index (κ3) is 3.03. The van der Waals surface area contributed by atoms with E-state index in [1.807, 2.05) is 0 Å². The highest BCUT2D eigenvalue weighted by Gasteiger charge is 2.18. The van der Waals surface area contributed by atoms with Gasteiger partial charge in [-0.15, -0.1) is 0 Å². The van der Waals surface area contributed by atoms with Gasteiger partial charge in [0.1, 0.15) is 0 Å². The van der Waals surface area contributed by atoms with Crippen LogP contribution in [0.3, 0.4) is 0 Å². The van der Waals surface area contributed by atoms with E-state index in [1.165, 1.54) is 19.2 Å². The molecule has 0 saturated carbocycles. The summed E-state index contributed by atoms with van der Waals surface area (Å²) < 4.78 is 4.54. The Morgan fingerprint density at radius 1 is 1.50 bits per heavy atom. The average Bonchev–Trinajstić information content (AvgIpc) is 2.28. The first-order valence-corrected chi connectivity index (χ1v) is 4.69. The lowest BCUT2D eigenvalue weighted by Gasteiger charge is -2.05. The topological polar surface area (TPSA) is 97.1 Å². The SMILES string of the molecule is COC(=O)[C@@H]([NH3+])Cc1ccc([N+](=O)[O-])cc1. The molecule has 1 rings (SSSR count). The van der Waals surface area contributed by atoms with Crippen LogP contribution in [-0.2, 0) is 16.0 Å². The fourth-order valence-electron chi connectivity index (χ4n) is 1.29. The van der Waals surface area contributed by atoms with Crippen LogP contribution >= 0.6 is 0 Å². The van der Waals surface area contributed by atoms with Gasteiger partial charge in [-0.05, 0) is 5.56 Å². The van der Waals surface area contributed by atoms with Crippen molar-refractivity contribution in [3.8, 4) is 0 Å². The molecule has 0 radical (unpaired) electrons. The molecule has 6 heteroatoms. The summed E-state index contributed by atoms with van der Waals surface area (Å²) in [6, 6.07) is 5.53. The van der Waals surface area contributed by atoms with Crippen molar-refractivity contribution in [3.63, 3.8) is 0 Å². The molecule has 0 fully saturated rings. The predicted molar refractivity (Wildman–Crippen MR) is 55.5 cm³/mol. The maximum absolute atomic E-state index is 11.1. The third-order valence-corrected chi connectivity index (χ3v) is 2.16. The van der Waals surface area contributed by atoms with Gasteiger partial charge < -0.3 is 10.5 Å². The number of carbonyl (C=O) groups is 1. The lowest BCUT2D eigenvalue weighted by Crippen LogP contribution is -2.66. The Bertz CT molecular complexity index is 388. The Kier molecular flexibility index (Phi) is 3.96. The molecule has 0 bridgehead atoms. The van der Waals surface area contributed by atoms with E-state index in [4.69, 9.17) is 0 Å². The fourth-order valence-corrected chi connectivity index (χ4v) is 1.29. The molecule has 0 aliphatic heterocycles. The van der Waals surface area contributed by atoms with Gasteiger partial charge >= 0.3 is 5.97 Å². The van der Waals surface area contributed by atoms with Gasteiger partial charge in [0.25, 0.3) is 5.69 Å². The smallest absolute Gasteiger partial charge is 0.364 e. The van der Waals surface area contributed by atoms with Gasteiger partial charge in [0.05, 0.1) is 12.0 Å². The number of hydrogen-bond acceptors (Lipinski definition) is 4. The molecule has 1 aromatic rings. The van der Waals surface area contributed by atoms with E-state index in [9.17, 15) is 14.9 Å². The van der Waals surface area contributed by atoms with Crippen LogP contribution in [0.1, 0.15) is 5.56 Å². The number of hydrogen-bond donors (Lipinski definition) is 1. The maximum atomic E-state index is 11.1. The Balaban J connectivity index is 2.68. The highest BCUT2D eigenvalue weighted by molar-refractivity contribution is 5.74. The van der Waals surface area contributed by atoms with Crippen LogP contribution in [0.4, 0.5) is 5.69 Å². The molecule has 0 unspecified atom stereocenters. The second kappa shape index (κ2) is 5.22. The molecular weight excluding hydrogens is 212 g/mol. The van der Waals surface area contributed by atoms with Gasteiger partial charge in [-0.25, -0.2) is 4.79 Å². The first kappa shape index (κ1) is 12.1. The monoisotopic (exact) mass is 225 g/mol. The number of carbonyl (C=O) groups excluding carboxylic acids is 1. The number of benzene rings is 1. The fraction of sp³-hybridized carbons (Fsp3) is 0.300. The van der Waals surface area contributed by atoms with E-state index in [0.717, 1.165) is 5.56 Å². The lowest BCUT2D eigenvalue weighted by molar-refractivity contribution is -0.407. The number of non-ortho nitro benzene ring substituents is 1. The largest absolute Gasteiger partial charge is 0.465 e. The zero-order valence-corrected chi connectivity index (χ0v) is 8.88. The minimum absolute atomic E-state index is 0.0300. The van der Waals surface area contributed by atoms with Gasteiger partial charge in [0, 0.05) is 18.6 Å². The van der Waals surface area contributed by atoms with Gasteiger partial charge in [-0.3, -0.25) is 10.1 Å². The van der Waals surface area contributed by atoms with Crippen molar-refractivity contribution in [3.05, 3.63) is 39.9 Å². The molecule has 0 aliphatic rings. The first-order chi connectivity index (χ1) is 7.54. The standard InChI is InChI=1S/C10H12N2O4/c1-16-10(13)9(11)6-7-2-4-8(5-3-7)12(14)15/h2-5,9H,6,11H2,1H3/p+1/t9-/m0/s1. The molecule has 0 aromatic heterocycles. The van der Waals surface area contributed by atoms with Crippen molar-refractivity contribution < 1.29 is 20.2 Å². The summed E-state index contributed by atoms with van der Waals surface area (Å²) in [7, 11) is 1.30. The summed E-state index contributed by atoms with van der Waals surface area (Å²) >= 11 is 0. The summed E-state index contributed by atoms with van der Waals surface area (Å²) in [6.45, 7) is 0. The van der Waals surface area contributed by atoms with Crippen molar-refractivity contribution in [1.82, 2.24) is 0 Å². The molecule has 1 aromatic carbocycles. The minimum atomic E-state index is -0.494. The average molecular weight is 225 g/mol. The van der Waals surface area contributed by atoms with Gasteiger partial charge in [0.2, 0.25) is 0 Å². The number of quaternary nitrogens is 1. The van der Waals surface area contributed by atoms with E-state index >= 15 is 0 Å². The molecule has 86 valence electrons. The molecule has 0 amide bonds. The molecule has 0 heterocycles. The quantitative estimate of drug-likeness (QED) is 0.440. The molecule has 0 aliphatic carbocycles. The Hall–Kier alpha value is -1.95. The van der Waals surface area contributed by atoms with Gasteiger partial charge in [-0.1, -0.05) is 12.1 Å².